The molecule has 0 amide bonds. The van der Waals surface area contributed by atoms with Crippen molar-refractivity contribution >= 4 is 0 Å². The Kier molecular flexibility index (Phi) is 4.67. The van der Waals surface area contributed by atoms with Crippen molar-refractivity contribution < 1.29 is 13.2 Å². The van der Waals surface area contributed by atoms with Crippen molar-refractivity contribution in [2.24, 2.45) is 0 Å². The van der Waals surface area contributed by atoms with Crippen LogP contribution in [0.15, 0.2) is 36.7 Å². The van der Waals surface area contributed by atoms with Crippen LogP contribution in [0, 0.1) is 0 Å². The predicted octanol–water partition coefficient (Wildman–Crippen LogP) is 3.71. The molecule has 0 aliphatic heterocycles. The second-order valence-electron chi connectivity index (χ2n) is 5.22. The fourth-order valence-corrected chi connectivity index (χ4v) is 2.26. The molecule has 0 bridgehead atoms. The average Bonchev–Trinajstić information content (AvgIpc) is 2.92. The summed E-state index contributed by atoms with van der Waals surface area (Å²) in [6.45, 7) is 4.03. The number of alkyl halides is 3. The molecule has 0 aliphatic carbocycles. The Hall–Kier alpha value is -1.82. The topological polar surface area (TPSA) is 40.7 Å². The van der Waals surface area contributed by atoms with Crippen LogP contribution >= 0.6 is 0 Å². The molecule has 0 aliphatic rings. The molecule has 2 N–H and O–H groups in total. The van der Waals surface area contributed by atoms with Crippen LogP contribution in [-0.4, -0.2) is 16.2 Å². The smallest absolute Gasteiger partial charge is 0.307 e. The van der Waals surface area contributed by atoms with Crippen LogP contribution in [-0.2, 0) is 12.6 Å². The van der Waals surface area contributed by atoms with E-state index < -0.39 is 11.7 Å². The Morgan fingerprint density at radius 1 is 1.19 bits per heavy atom. The molecule has 0 spiro atoms. The Bertz CT molecular complexity index is 547. The quantitative estimate of drug-likeness (QED) is 0.883. The average molecular weight is 297 g/mol. The third kappa shape index (κ3) is 4.32. The fourth-order valence-electron chi connectivity index (χ4n) is 2.26. The summed E-state index contributed by atoms with van der Waals surface area (Å²) in [6, 6.07) is 5.59. The van der Waals surface area contributed by atoms with Crippen LogP contribution < -0.4 is 5.32 Å². The third-order valence-corrected chi connectivity index (χ3v) is 3.38. The number of rotatable bonds is 5. The standard InChI is InChI=1S/C15H18F3N3/c1-10(21-11(2)13-8-19-20-9-13)7-12-3-5-14(6-4-12)15(16,17)18/h3-6,8-11,21H,7H2,1-2H3,(H,19,20). The zero-order chi connectivity index (χ0) is 15.5. The van der Waals surface area contributed by atoms with Gasteiger partial charge in [-0.25, -0.2) is 0 Å². The molecule has 2 aromatic rings. The van der Waals surface area contributed by atoms with Crippen molar-refractivity contribution in [3.05, 3.63) is 53.3 Å². The van der Waals surface area contributed by atoms with Crippen molar-refractivity contribution in [2.45, 2.75) is 38.5 Å². The summed E-state index contributed by atoms with van der Waals surface area (Å²) in [5.74, 6) is 0. The predicted molar refractivity (Wildman–Crippen MR) is 74.7 cm³/mol. The molecule has 1 aromatic heterocycles. The van der Waals surface area contributed by atoms with Crippen molar-refractivity contribution in [2.75, 3.05) is 0 Å². The maximum absolute atomic E-state index is 12.5. The number of H-pyrrole nitrogens is 1. The first-order chi connectivity index (χ1) is 9.86. The third-order valence-electron chi connectivity index (χ3n) is 3.38. The number of aromatic nitrogens is 2. The zero-order valence-corrected chi connectivity index (χ0v) is 11.9. The highest BCUT2D eigenvalue weighted by molar-refractivity contribution is 5.25. The monoisotopic (exact) mass is 297 g/mol. The van der Waals surface area contributed by atoms with Gasteiger partial charge in [-0.2, -0.15) is 18.3 Å². The van der Waals surface area contributed by atoms with E-state index in [0.29, 0.717) is 6.42 Å². The SMILES string of the molecule is CC(Cc1ccc(C(F)(F)F)cc1)NC(C)c1cn[nH]c1. The van der Waals surface area contributed by atoms with E-state index >= 15 is 0 Å². The molecule has 3 nitrogen and oxygen atoms in total. The van der Waals surface area contributed by atoms with E-state index in [4.69, 9.17) is 0 Å². The summed E-state index contributed by atoms with van der Waals surface area (Å²) in [5, 5.41) is 10.0. The van der Waals surface area contributed by atoms with Crippen LogP contribution in [0.2, 0.25) is 0 Å². The minimum atomic E-state index is -4.28. The zero-order valence-electron chi connectivity index (χ0n) is 11.9. The summed E-state index contributed by atoms with van der Waals surface area (Å²) in [5.41, 5.74) is 1.32. The van der Waals surface area contributed by atoms with E-state index in [-0.39, 0.29) is 12.1 Å². The lowest BCUT2D eigenvalue weighted by molar-refractivity contribution is -0.137. The molecular formula is C15H18F3N3. The van der Waals surface area contributed by atoms with E-state index in [1.54, 1.807) is 6.20 Å². The molecule has 0 saturated heterocycles. The van der Waals surface area contributed by atoms with Gasteiger partial charge in [-0.05, 0) is 38.0 Å². The molecule has 2 rings (SSSR count). The van der Waals surface area contributed by atoms with Gasteiger partial charge in [0, 0.05) is 23.8 Å². The van der Waals surface area contributed by atoms with Gasteiger partial charge >= 0.3 is 6.18 Å². The van der Waals surface area contributed by atoms with Gasteiger partial charge in [-0.1, -0.05) is 12.1 Å². The fraction of sp³-hybridized carbons (Fsp3) is 0.400. The largest absolute Gasteiger partial charge is 0.416 e. The Labute approximate surface area is 121 Å². The number of aromatic amines is 1. The second-order valence-corrected chi connectivity index (χ2v) is 5.22. The van der Waals surface area contributed by atoms with Crippen molar-refractivity contribution in [3.8, 4) is 0 Å². The molecule has 1 aromatic carbocycles. The number of halogens is 3. The van der Waals surface area contributed by atoms with Gasteiger partial charge in [-0.15, -0.1) is 0 Å². The number of nitrogens with one attached hydrogen (secondary N) is 2. The normalized spacial score (nSPS) is 14.9. The molecule has 114 valence electrons. The summed E-state index contributed by atoms with van der Waals surface area (Å²) in [6.07, 6.45) is -0.0381. The molecule has 2 unspecified atom stereocenters. The summed E-state index contributed by atoms with van der Waals surface area (Å²) in [7, 11) is 0. The van der Waals surface area contributed by atoms with Crippen LogP contribution in [0.5, 0.6) is 0 Å². The minimum absolute atomic E-state index is 0.133. The number of hydrogen-bond donors (Lipinski definition) is 2. The minimum Gasteiger partial charge on any atom is -0.307 e. The van der Waals surface area contributed by atoms with Crippen molar-refractivity contribution in [3.63, 3.8) is 0 Å². The van der Waals surface area contributed by atoms with Crippen molar-refractivity contribution in [1.82, 2.24) is 15.5 Å². The highest BCUT2D eigenvalue weighted by atomic mass is 19.4. The van der Waals surface area contributed by atoms with E-state index in [0.717, 1.165) is 23.3 Å². The van der Waals surface area contributed by atoms with Gasteiger partial charge in [0.05, 0.1) is 11.8 Å². The van der Waals surface area contributed by atoms with Gasteiger partial charge in [0.15, 0.2) is 0 Å². The highest BCUT2D eigenvalue weighted by Gasteiger charge is 2.29. The first kappa shape index (κ1) is 15.6. The van der Waals surface area contributed by atoms with Gasteiger partial charge < -0.3 is 5.32 Å². The van der Waals surface area contributed by atoms with Gasteiger partial charge in [0.1, 0.15) is 0 Å². The lowest BCUT2D eigenvalue weighted by Gasteiger charge is -2.19. The molecule has 0 saturated carbocycles. The molecule has 0 fully saturated rings. The Balaban J connectivity index is 1.92. The molecule has 2 atom stereocenters. The van der Waals surface area contributed by atoms with Gasteiger partial charge in [0.25, 0.3) is 0 Å². The van der Waals surface area contributed by atoms with Crippen LogP contribution in [0.4, 0.5) is 13.2 Å². The lowest BCUT2D eigenvalue weighted by atomic mass is 10.0. The molecular weight excluding hydrogens is 279 g/mol. The Morgan fingerprint density at radius 2 is 1.86 bits per heavy atom. The van der Waals surface area contributed by atoms with E-state index in [1.165, 1.54) is 12.1 Å². The molecule has 6 heteroatoms. The lowest BCUT2D eigenvalue weighted by Crippen LogP contribution is -2.30. The van der Waals surface area contributed by atoms with Crippen LogP contribution in [0.1, 0.15) is 36.6 Å². The van der Waals surface area contributed by atoms with E-state index in [9.17, 15) is 13.2 Å². The molecule has 0 radical (unpaired) electrons. The maximum Gasteiger partial charge on any atom is 0.416 e. The number of nitrogens with zero attached hydrogens (tertiary/aromatic N) is 1. The first-order valence-corrected chi connectivity index (χ1v) is 6.77. The van der Waals surface area contributed by atoms with Gasteiger partial charge in [0.2, 0.25) is 0 Å². The number of benzene rings is 1. The van der Waals surface area contributed by atoms with E-state index in [1.807, 2.05) is 20.0 Å². The first-order valence-electron chi connectivity index (χ1n) is 6.77. The van der Waals surface area contributed by atoms with Crippen LogP contribution in [0.25, 0.3) is 0 Å². The van der Waals surface area contributed by atoms with E-state index in [2.05, 4.69) is 15.5 Å². The maximum atomic E-state index is 12.5. The van der Waals surface area contributed by atoms with Gasteiger partial charge in [-0.3, -0.25) is 5.10 Å². The second kappa shape index (κ2) is 6.30. The van der Waals surface area contributed by atoms with Crippen molar-refractivity contribution in [1.29, 1.82) is 0 Å². The number of hydrogen-bond acceptors (Lipinski definition) is 2. The summed E-state index contributed by atoms with van der Waals surface area (Å²) in [4.78, 5) is 0. The Morgan fingerprint density at radius 3 is 2.38 bits per heavy atom. The summed E-state index contributed by atoms with van der Waals surface area (Å²) >= 11 is 0. The summed E-state index contributed by atoms with van der Waals surface area (Å²) < 4.78 is 37.5. The van der Waals surface area contributed by atoms with Crippen LogP contribution in [0.3, 0.4) is 0 Å². The molecule has 1 heterocycles. The molecule has 21 heavy (non-hydrogen) atoms. The highest BCUT2D eigenvalue weighted by Crippen LogP contribution is 2.29.